The van der Waals surface area contributed by atoms with Gasteiger partial charge in [0.1, 0.15) is 18.0 Å². The molecule has 0 unspecified atom stereocenters. The molecule has 0 bridgehead atoms. The minimum atomic E-state index is -0.753. The lowest BCUT2D eigenvalue weighted by molar-refractivity contribution is -0.390. The molecule has 0 radical (unpaired) electrons. The quantitative estimate of drug-likeness (QED) is 0.228. The van der Waals surface area contributed by atoms with Gasteiger partial charge in [0, 0.05) is 41.2 Å². The topological polar surface area (TPSA) is 120 Å². The van der Waals surface area contributed by atoms with Crippen molar-refractivity contribution in [1.29, 1.82) is 5.26 Å². The molecule has 0 saturated carbocycles. The minimum absolute atomic E-state index is 0.0421. The molecule has 3 aromatic heterocycles. The zero-order chi connectivity index (χ0) is 24.4. The Morgan fingerprint density at radius 3 is 2.85 bits per heavy atom. The van der Waals surface area contributed by atoms with Crippen LogP contribution in [0.15, 0.2) is 46.5 Å². The molecule has 172 valence electrons. The van der Waals surface area contributed by atoms with Crippen LogP contribution in [0.3, 0.4) is 0 Å². The zero-order valence-corrected chi connectivity index (χ0v) is 20.3. The van der Waals surface area contributed by atoms with Crippen molar-refractivity contribution in [3.8, 4) is 23.1 Å². The van der Waals surface area contributed by atoms with Crippen LogP contribution >= 0.6 is 27.3 Å². The van der Waals surface area contributed by atoms with Crippen LogP contribution in [0.5, 0.6) is 5.75 Å². The van der Waals surface area contributed by atoms with Gasteiger partial charge < -0.3 is 14.9 Å². The van der Waals surface area contributed by atoms with Gasteiger partial charge in [0.2, 0.25) is 5.75 Å². The van der Waals surface area contributed by atoms with Crippen molar-refractivity contribution in [3.05, 3.63) is 84.3 Å². The van der Waals surface area contributed by atoms with E-state index in [0.717, 1.165) is 10.6 Å². The molecule has 12 heteroatoms. The fraction of sp³-hybridized carbons (Fsp3) is 0.182. The lowest BCUT2D eigenvalue weighted by Gasteiger charge is -2.18. The van der Waals surface area contributed by atoms with Crippen molar-refractivity contribution >= 4 is 33.1 Å². The first-order valence-corrected chi connectivity index (χ1v) is 11.6. The first-order valence-electron chi connectivity index (χ1n) is 9.88. The molecule has 0 saturated heterocycles. The normalized spacial score (nSPS) is 11.7. The molecule has 0 spiro atoms. The summed E-state index contributed by atoms with van der Waals surface area (Å²) in [4.78, 5) is 19.9. The number of benzene rings is 1. The molecule has 4 rings (SSSR count). The Kier molecular flexibility index (Phi) is 6.67. The van der Waals surface area contributed by atoms with Gasteiger partial charge >= 0.3 is 5.82 Å². The third kappa shape index (κ3) is 4.80. The first kappa shape index (κ1) is 23.5. The Bertz CT molecular complexity index is 1430. The average Bonchev–Trinajstić information content (AvgIpc) is 3.40. The van der Waals surface area contributed by atoms with Crippen molar-refractivity contribution in [2.24, 2.45) is 7.05 Å². The molecule has 0 aliphatic carbocycles. The molecular formula is C22H16BrFN6O3S. The van der Waals surface area contributed by atoms with Gasteiger partial charge in [-0.3, -0.25) is 4.68 Å². The number of hydrogen-bond acceptors (Lipinski definition) is 8. The van der Waals surface area contributed by atoms with E-state index in [9.17, 15) is 14.5 Å². The summed E-state index contributed by atoms with van der Waals surface area (Å²) in [6, 6.07) is 9.45. The third-order valence-electron chi connectivity index (χ3n) is 5.06. The summed E-state index contributed by atoms with van der Waals surface area (Å²) < 4.78 is 22.3. The highest BCUT2D eigenvalue weighted by atomic mass is 79.9. The molecule has 0 aliphatic heterocycles. The number of hydrogen-bond donors (Lipinski definition) is 0. The summed E-state index contributed by atoms with van der Waals surface area (Å²) in [5, 5.41) is 24.6. The fourth-order valence-corrected chi connectivity index (χ4v) is 4.58. The standard InChI is InChI=1S/C22H16BrFN6O3S/c1-12(33-19-5-13(23)10-26-22(19)30(31)32)18-6-14(24)3-4-17(18)21-20(34-11-27-21)8-16-7-15(9-25)28-29(16)2/h3-7,10-12H,8H2,1-2H3/t12-/m1/s1. The summed E-state index contributed by atoms with van der Waals surface area (Å²) in [5.41, 5.74) is 4.58. The van der Waals surface area contributed by atoms with Crippen LogP contribution in [0.1, 0.15) is 34.9 Å². The van der Waals surface area contributed by atoms with Gasteiger partial charge in [-0.1, -0.05) is 0 Å². The Morgan fingerprint density at radius 2 is 2.15 bits per heavy atom. The Morgan fingerprint density at radius 1 is 1.35 bits per heavy atom. The van der Waals surface area contributed by atoms with Gasteiger partial charge in [-0.25, -0.2) is 9.37 Å². The second kappa shape index (κ2) is 9.66. The maximum Gasteiger partial charge on any atom is 0.406 e. The molecule has 9 nitrogen and oxygen atoms in total. The molecule has 34 heavy (non-hydrogen) atoms. The predicted molar refractivity (Wildman–Crippen MR) is 126 cm³/mol. The molecular weight excluding hydrogens is 527 g/mol. The number of aromatic nitrogens is 4. The Balaban J connectivity index is 1.72. The number of thiazole rings is 1. The van der Waals surface area contributed by atoms with Gasteiger partial charge in [0.25, 0.3) is 0 Å². The molecule has 0 amide bonds. The van der Waals surface area contributed by atoms with E-state index in [1.165, 1.54) is 35.7 Å². The Hall–Kier alpha value is -3.69. The summed E-state index contributed by atoms with van der Waals surface area (Å²) in [6.45, 7) is 1.68. The average molecular weight is 543 g/mol. The predicted octanol–water partition coefficient (Wildman–Crippen LogP) is 5.35. The summed E-state index contributed by atoms with van der Waals surface area (Å²) in [7, 11) is 1.76. The molecule has 4 aromatic rings. The van der Waals surface area contributed by atoms with E-state index < -0.39 is 22.7 Å². The smallest absolute Gasteiger partial charge is 0.406 e. The van der Waals surface area contributed by atoms with Gasteiger partial charge in [-0.05, 0) is 57.0 Å². The maximum atomic E-state index is 14.3. The van der Waals surface area contributed by atoms with Crippen LogP contribution in [0.4, 0.5) is 10.2 Å². The highest BCUT2D eigenvalue weighted by Gasteiger charge is 2.24. The third-order valence-corrected chi connectivity index (χ3v) is 6.32. The highest BCUT2D eigenvalue weighted by Crippen LogP contribution is 2.37. The highest BCUT2D eigenvalue weighted by molar-refractivity contribution is 9.10. The summed E-state index contributed by atoms with van der Waals surface area (Å²) in [6.07, 6.45) is 1.02. The number of nitrogens with zero attached hydrogens (tertiary/aromatic N) is 6. The number of ether oxygens (including phenoxy) is 1. The second-order valence-electron chi connectivity index (χ2n) is 7.28. The summed E-state index contributed by atoms with van der Waals surface area (Å²) in [5.74, 6) is -0.954. The van der Waals surface area contributed by atoms with Crippen LogP contribution in [0.25, 0.3) is 11.3 Å². The van der Waals surface area contributed by atoms with E-state index in [1.807, 2.05) is 6.07 Å². The molecule has 0 fully saturated rings. The van der Waals surface area contributed by atoms with E-state index in [2.05, 4.69) is 31.0 Å². The number of aryl methyl sites for hydroxylation is 1. The number of halogens is 2. The molecule has 3 heterocycles. The number of nitriles is 1. The minimum Gasteiger partial charge on any atom is -0.478 e. The van der Waals surface area contributed by atoms with E-state index >= 15 is 0 Å². The van der Waals surface area contributed by atoms with Gasteiger partial charge in [-0.15, -0.1) is 11.3 Å². The van der Waals surface area contributed by atoms with Crippen LogP contribution in [0, 0.1) is 27.3 Å². The lowest BCUT2D eigenvalue weighted by atomic mass is 9.98. The van der Waals surface area contributed by atoms with Gasteiger partial charge in [0.15, 0.2) is 11.9 Å². The maximum absolute atomic E-state index is 14.3. The molecule has 1 atom stereocenters. The number of pyridine rings is 1. The summed E-state index contributed by atoms with van der Waals surface area (Å²) >= 11 is 4.67. The van der Waals surface area contributed by atoms with Crippen molar-refractivity contribution in [3.63, 3.8) is 0 Å². The van der Waals surface area contributed by atoms with Gasteiger partial charge in [-0.2, -0.15) is 10.4 Å². The molecule has 0 N–H and O–H groups in total. The van der Waals surface area contributed by atoms with Crippen molar-refractivity contribution < 1.29 is 14.1 Å². The van der Waals surface area contributed by atoms with Crippen molar-refractivity contribution in [2.45, 2.75) is 19.4 Å². The van der Waals surface area contributed by atoms with Crippen molar-refractivity contribution in [2.75, 3.05) is 0 Å². The SMILES string of the molecule is C[C@@H](Oc1cc(Br)cnc1[N+](=O)[O-])c1cc(F)ccc1-c1ncsc1Cc1cc(C#N)nn1C. The largest absolute Gasteiger partial charge is 0.478 e. The van der Waals surface area contributed by atoms with Crippen LogP contribution < -0.4 is 4.74 Å². The second-order valence-corrected chi connectivity index (χ2v) is 9.14. The molecule has 1 aromatic carbocycles. The zero-order valence-electron chi connectivity index (χ0n) is 17.9. The van der Waals surface area contributed by atoms with E-state index in [0.29, 0.717) is 33.4 Å². The lowest BCUT2D eigenvalue weighted by Crippen LogP contribution is -2.08. The molecule has 0 aliphatic rings. The van der Waals surface area contributed by atoms with E-state index in [-0.39, 0.29) is 5.75 Å². The van der Waals surface area contributed by atoms with E-state index in [4.69, 9.17) is 10.00 Å². The first-order chi connectivity index (χ1) is 16.3. The van der Waals surface area contributed by atoms with Crippen LogP contribution in [-0.2, 0) is 13.5 Å². The Labute approximate surface area is 205 Å². The van der Waals surface area contributed by atoms with Crippen molar-refractivity contribution in [1.82, 2.24) is 19.7 Å². The van der Waals surface area contributed by atoms with Crippen LogP contribution in [-0.4, -0.2) is 24.7 Å². The van der Waals surface area contributed by atoms with Crippen LogP contribution in [0.2, 0.25) is 0 Å². The van der Waals surface area contributed by atoms with Gasteiger partial charge in [0.05, 0.1) is 15.7 Å². The number of rotatable bonds is 7. The fourth-order valence-electron chi connectivity index (χ4n) is 3.48. The van der Waals surface area contributed by atoms with E-state index in [1.54, 1.807) is 36.3 Å². The monoisotopic (exact) mass is 542 g/mol. The number of nitro groups is 1.